The molecule has 2 N–H and O–H groups in total. The second kappa shape index (κ2) is 2.26. The lowest BCUT2D eigenvalue weighted by Gasteiger charge is -2.23. The van der Waals surface area contributed by atoms with Gasteiger partial charge in [0.05, 0.1) is 11.6 Å². The van der Waals surface area contributed by atoms with Crippen molar-refractivity contribution in [1.82, 2.24) is 5.48 Å². The van der Waals surface area contributed by atoms with Crippen LogP contribution in [0.25, 0.3) is 0 Å². The van der Waals surface area contributed by atoms with E-state index in [1.165, 1.54) is 0 Å². The third kappa shape index (κ3) is 1.37. The lowest BCUT2D eigenvalue weighted by Crippen LogP contribution is -2.25. The molecule has 0 aromatic rings. The Labute approximate surface area is 66.9 Å². The summed E-state index contributed by atoms with van der Waals surface area (Å²) < 4.78 is 0. The van der Waals surface area contributed by atoms with E-state index in [1.807, 2.05) is 0 Å². The Morgan fingerprint density at radius 2 is 2.09 bits per heavy atom. The van der Waals surface area contributed by atoms with Crippen LogP contribution in [0, 0.1) is 16.7 Å². The van der Waals surface area contributed by atoms with Crippen molar-refractivity contribution in [2.45, 2.75) is 20.8 Å². The number of nitrogens with one attached hydrogen (secondary N) is 2. The Hall–Kier alpha value is -0.990. The van der Waals surface area contributed by atoms with Crippen LogP contribution in [0.15, 0.2) is 12.3 Å². The van der Waals surface area contributed by atoms with E-state index >= 15 is 0 Å². The highest BCUT2D eigenvalue weighted by Crippen LogP contribution is 2.33. The zero-order chi connectivity index (χ0) is 8.65. The molecule has 0 aromatic carbocycles. The molecule has 1 heterocycles. The highest BCUT2D eigenvalue weighted by molar-refractivity contribution is 5.81. The van der Waals surface area contributed by atoms with Gasteiger partial charge >= 0.3 is 0 Å². The van der Waals surface area contributed by atoms with E-state index < -0.39 is 0 Å². The molecular formula is C8H14N2O. The quantitative estimate of drug-likeness (QED) is 0.557. The van der Waals surface area contributed by atoms with Gasteiger partial charge in [0.2, 0.25) is 5.90 Å². The largest absolute Gasteiger partial charge is 0.367 e. The minimum Gasteiger partial charge on any atom is -0.367 e. The van der Waals surface area contributed by atoms with Crippen LogP contribution >= 0.6 is 0 Å². The number of hydroxylamine groups is 1. The molecule has 1 atom stereocenters. The SMILES string of the molecule is C=C1NOC(=N)C1C(C)(C)C. The monoisotopic (exact) mass is 154 g/mol. The summed E-state index contributed by atoms with van der Waals surface area (Å²) in [5.41, 5.74) is 3.40. The fraction of sp³-hybridized carbons (Fsp3) is 0.625. The first-order valence-electron chi connectivity index (χ1n) is 3.63. The molecule has 0 amide bonds. The highest BCUT2D eigenvalue weighted by atomic mass is 16.7. The van der Waals surface area contributed by atoms with Crippen LogP contribution in [0.3, 0.4) is 0 Å². The maximum absolute atomic E-state index is 7.45. The lowest BCUT2D eigenvalue weighted by molar-refractivity contribution is 0.239. The summed E-state index contributed by atoms with van der Waals surface area (Å²) in [5.74, 6) is 0.269. The Morgan fingerprint density at radius 1 is 1.55 bits per heavy atom. The van der Waals surface area contributed by atoms with Gasteiger partial charge in [-0.15, -0.1) is 0 Å². The fourth-order valence-corrected chi connectivity index (χ4v) is 1.31. The second-order valence-corrected chi connectivity index (χ2v) is 3.89. The van der Waals surface area contributed by atoms with Crippen molar-refractivity contribution in [3.8, 4) is 0 Å². The maximum Gasteiger partial charge on any atom is 0.224 e. The van der Waals surface area contributed by atoms with Crippen LogP contribution in [-0.4, -0.2) is 5.90 Å². The third-order valence-electron chi connectivity index (χ3n) is 1.77. The summed E-state index contributed by atoms with van der Waals surface area (Å²) in [6.45, 7) is 9.97. The van der Waals surface area contributed by atoms with Crippen LogP contribution in [0.4, 0.5) is 0 Å². The fourth-order valence-electron chi connectivity index (χ4n) is 1.31. The molecule has 1 aliphatic rings. The van der Waals surface area contributed by atoms with Crippen molar-refractivity contribution in [2.75, 3.05) is 0 Å². The molecule has 1 saturated heterocycles. The maximum atomic E-state index is 7.45. The van der Waals surface area contributed by atoms with Crippen LogP contribution in [0.1, 0.15) is 20.8 Å². The van der Waals surface area contributed by atoms with Gasteiger partial charge in [0.25, 0.3) is 0 Å². The van der Waals surface area contributed by atoms with Crippen molar-refractivity contribution in [1.29, 1.82) is 5.41 Å². The van der Waals surface area contributed by atoms with Crippen LogP contribution in [0.2, 0.25) is 0 Å². The van der Waals surface area contributed by atoms with Gasteiger partial charge in [-0.3, -0.25) is 5.41 Å². The molecule has 1 unspecified atom stereocenters. The molecule has 62 valence electrons. The standard InChI is InChI=1S/C8H14N2O/c1-5-6(8(2,3)4)7(9)11-10-5/h6,9-10H,1H2,2-4H3. The topological polar surface area (TPSA) is 45.1 Å². The zero-order valence-electron chi connectivity index (χ0n) is 7.19. The Balaban J connectivity index is 2.85. The van der Waals surface area contributed by atoms with Gasteiger partial charge < -0.3 is 4.84 Å². The van der Waals surface area contributed by atoms with E-state index in [0.717, 1.165) is 5.70 Å². The predicted octanol–water partition coefficient (Wildman–Crippen LogP) is 1.67. The Bertz CT molecular complexity index is 187. The van der Waals surface area contributed by atoms with E-state index in [9.17, 15) is 0 Å². The molecule has 0 bridgehead atoms. The minimum atomic E-state index is 0.00231. The normalized spacial score (nSPS) is 24.8. The van der Waals surface area contributed by atoms with Gasteiger partial charge in [-0.05, 0) is 5.41 Å². The summed E-state index contributed by atoms with van der Waals surface area (Å²) >= 11 is 0. The summed E-state index contributed by atoms with van der Waals surface area (Å²) in [4.78, 5) is 4.84. The van der Waals surface area contributed by atoms with E-state index in [2.05, 4.69) is 32.8 Å². The zero-order valence-corrected chi connectivity index (χ0v) is 7.19. The summed E-state index contributed by atoms with van der Waals surface area (Å²) in [7, 11) is 0. The molecule has 3 heteroatoms. The van der Waals surface area contributed by atoms with Gasteiger partial charge in [0, 0.05) is 0 Å². The second-order valence-electron chi connectivity index (χ2n) is 3.89. The number of hydrogen-bond acceptors (Lipinski definition) is 3. The Kier molecular flexibility index (Phi) is 1.66. The average Bonchev–Trinajstić information content (AvgIpc) is 2.08. The van der Waals surface area contributed by atoms with Crippen LogP contribution in [0.5, 0.6) is 0 Å². The first-order chi connectivity index (χ1) is 4.93. The van der Waals surface area contributed by atoms with Crippen LogP contribution < -0.4 is 5.48 Å². The molecule has 1 rings (SSSR count). The molecule has 0 saturated carbocycles. The third-order valence-corrected chi connectivity index (χ3v) is 1.77. The smallest absolute Gasteiger partial charge is 0.224 e. The highest BCUT2D eigenvalue weighted by Gasteiger charge is 2.37. The summed E-state index contributed by atoms with van der Waals surface area (Å²) in [6.07, 6.45) is 0. The molecule has 0 aromatic heterocycles. The molecule has 3 nitrogen and oxygen atoms in total. The van der Waals surface area contributed by atoms with Gasteiger partial charge in [-0.2, -0.15) is 0 Å². The van der Waals surface area contributed by atoms with Crippen molar-refractivity contribution in [3.05, 3.63) is 12.3 Å². The molecule has 0 aliphatic carbocycles. The van der Waals surface area contributed by atoms with E-state index in [1.54, 1.807) is 0 Å². The first-order valence-corrected chi connectivity index (χ1v) is 3.63. The van der Waals surface area contributed by atoms with Crippen LogP contribution in [-0.2, 0) is 4.84 Å². The minimum absolute atomic E-state index is 0.00231. The van der Waals surface area contributed by atoms with E-state index in [4.69, 9.17) is 10.2 Å². The molecule has 11 heavy (non-hydrogen) atoms. The van der Waals surface area contributed by atoms with Gasteiger partial charge in [0.15, 0.2) is 0 Å². The molecular weight excluding hydrogens is 140 g/mol. The van der Waals surface area contributed by atoms with Crippen molar-refractivity contribution < 1.29 is 4.84 Å². The average molecular weight is 154 g/mol. The lowest BCUT2D eigenvalue weighted by atomic mass is 9.79. The first kappa shape index (κ1) is 8.11. The number of hydrogen-bond donors (Lipinski definition) is 2. The van der Waals surface area contributed by atoms with E-state index in [0.29, 0.717) is 0 Å². The molecule has 0 spiro atoms. The number of rotatable bonds is 0. The molecule has 1 fully saturated rings. The summed E-state index contributed by atoms with van der Waals surface area (Å²) in [6, 6.07) is 0. The molecule has 0 radical (unpaired) electrons. The Morgan fingerprint density at radius 3 is 2.27 bits per heavy atom. The van der Waals surface area contributed by atoms with Gasteiger partial charge in [0.1, 0.15) is 0 Å². The van der Waals surface area contributed by atoms with Crippen molar-refractivity contribution >= 4 is 5.90 Å². The molecule has 1 aliphatic heterocycles. The summed E-state index contributed by atoms with van der Waals surface area (Å²) in [5, 5.41) is 7.45. The van der Waals surface area contributed by atoms with Crippen molar-refractivity contribution in [3.63, 3.8) is 0 Å². The van der Waals surface area contributed by atoms with Gasteiger partial charge in [-0.1, -0.05) is 27.4 Å². The van der Waals surface area contributed by atoms with Crippen molar-refractivity contribution in [2.24, 2.45) is 11.3 Å². The van der Waals surface area contributed by atoms with Gasteiger partial charge in [-0.25, -0.2) is 5.48 Å². The predicted molar refractivity (Wildman–Crippen MR) is 44.0 cm³/mol. The van der Waals surface area contributed by atoms with E-state index in [-0.39, 0.29) is 17.2 Å².